The molecule has 0 fully saturated rings. The maximum Gasteiger partial charge on any atom is 0.163 e. The quantitative estimate of drug-likeness (QED) is 0.261. The number of nitrogens with zero attached hydrogens (tertiary/aromatic N) is 1. The Balaban J connectivity index is 1.86. The lowest BCUT2D eigenvalue weighted by atomic mass is 10.0. The number of hydrogen-bond acceptors (Lipinski definition) is 4. The van der Waals surface area contributed by atoms with Gasteiger partial charge in [-0.15, -0.1) is 0 Å². The minimum Gasteiger partial charge on any atom is -0.497 e. The first-order valence-electron chi connectivity index (χ1n) is 7.56. The van der Waals surface area contributed by atoms with Crippen molar-refractivity contribution < 1.29 is 9.53 Å². The van der Waals surface area contributed by atoms with Gasteiger partial charge >= 0.3 is 0 Å². The molecule has 5 nitrogen and oxygen atoms in total. The minimum atomic E-state index is 0.0213. The highest BCUT2D eigenvalue weighted by Crippen LogP contribution is 2.19. The third-order valence-corrected chi connectivity index (χ3v) is 3.82. The van der Waals surface area contributed by atoms with E-state index in [2.05, 4.69) is 0 Å². The highest BCUT2D eigenvalue weighted by atomic mass is 35.5. The van der Waals surface area contributed by atoms with Gasteiger partial charge in [-0.05, 0) is 36.8 Å². The third kappa shape index (κ3) is 4.81. The topological polar surface area (TPSA) is 79.4 Å². The van der Waals surface area contributed by atoms with Crippen LogP contribution in [-0.4, -0.2) is 18.7 Å². The van der Waals surface area contributed by atoms with Gasteiger partial charge in [0.15, 0.2) is 5.78 Å². The molecule has 2 aromatic carbocycles. The molecule has 0 amide bonds. The molecule has 0 bridgehead atoms. The van der Waals surface area contributed by atoms with Gasteiger partial charge in [-0.2, -0.15) is 0 Å². The largest absolute Gasteiger partial charge is 0.497 e. The van der Waals surface area contributed by atoms with Crippen LogP contribution in [0.4, 0.5) is 5.69 Å². The summed E-state index contributed by atoms with van der Waals surface area (Å²) < 4.78 is 5.12. The molecule has 24 heavy (non-hydrogen) atoms. The van der Waals surface area contributed by atoms with Gasteiger partial charge in [0.1, 0.15) is 11.6 Å². The van der Waals surface area contributed by atoms with Gasteiger partial charge < -0.3 is 4.74 Å². The number of anilines is 1. The molecule has 0 heterocycles. The number of carbonyl (C=O) groups is 1. The van der Waals surface area contributed by atoms with E-state index < -0.39 is 0 Å². The average molecular weight is 346 g/mol. The second-order valence-corrected chi connectivity index (χ2v) is 5.74. The first-order chi connectivity index (χ1) is 11.5. The number of Topliss-reactive ketones (excluding diaryl/α,β-unsaturated/α-hetero) is 1. The summed E-state index contributed by atoms with van der Waals surface area (Å²) in [5.74, 6) is 6.83. The molecular weight excluding hydrogens is 326 g/mol. The molecule has 0 aromatic heterocycles. The summed E-state index contributed by atoms with van der Waals surface area (Å²) in [4.78, 5) is 12.2. The number of hydrogen-bond donors (Lipinski definition) is 2. The summed E-state index contributed by atoms with van der Waals surface area (Å²) >= 11 is 5.92. The van der Waals surface area contributed by atoms with Crippen molar-refractivity contribution in [3.8, 4) is 5.75 Å². The lowest BCUT2D eigenvalue weighted by Crippen LogP contribution is -2.36. The number of ketones is 1. The van der Waals surface area contributed by atoms with Gasteiger partial charge in [-0.3, -0.25) is 15.2 Å². The molecule has 0 radical (unpaired) electrons. The molecule has 0 aliphatic carbocycles. The van der Waals surface area contributed by atoms with Crippen LogP contribution in [-0.2, 0) is 0 Å². The monoisotopic (exact) mass is 345 g/mol. The van der Waals surface area contributed by atoms with Gasteiger partial charge in [0.05, 0.1) is 12.8 Å². The smallest absolute Gasteiger partial charge is 0.163 e. The SMILES string of the molecule is COc1cccc(C(=O)CCCC(=N)N(N)c2cccc(Cl)c2)c1. The van der Waals surface area contributed by atoms with Gasteiger partial charge in [0.25, 0.3) is 0 Å². The van der Waals surface area contributed by atoms with Gasteiger partial charge in [-0.25, -0.2) is 5.84 Å². The molecule has 0 aliphatic heterocycles. The van der Waals surface area contributed by atoms with E-state index >= 15 is 0 Å². The van der Waals surface area contributed by atoms with Crippen LogP contribution in [0.1, 0.15) is 29.6 Å². The van der Waals surface area contributed by atoms with Gasteiger partial charge in [0, 0.05) is 23.4 Å². The van der Waals surface area contributed by atoms with Crippen molar-refractivity contribution in [3.05, 3.63) is 59.1 Å². The van der Waals surface area contributed by atoms with Gasteiger partial charge in [0.2, 0.25) is 0 Å². The lowest BCUT2D eigenvalue weighted by molar-refractivity contribution is 0.0980. The maximum absolute atomic E-state index is 12.2. The lowest BCUT2D eigenvalue weighted by Gasteiger charge is -2.19. The second kappa shape index (κ2) is 8.47. The third-order valence-electron chi connectivity index (χ3n) is 3.59. The molecule has 126 valence electrons. The Hall–Kier alpha value is -2.37. The van der Waals surface area contributed by atoms with Crippen LogP contribution in [0.5, 0.6) is 5.75 Å². The molecule has 0 spiro atoms. The zero-order valence-electron chi connectivity index (χ0n) is 13.5. The van der Waals surface area contributed by atoms with Crippen LogP contribution in [0.15, 0.2) is 48.5 Å². The summed E-state index contributed by atoms with van der Waals surface area (Å²) in [7, 11) is 1.57. The van der Waals surface area contributed by atoms with Crippen molar-refractivity contribution in [2.45, 2.75) is 19.3 Å². The Morgan fingerprint density at radius 1 is 1.21 bits per heavy atom. The van der Waals surface area contributed by atoms with Crippen molar-refractivity contribution in [1.29, 1.82) is 5.41 Å². The molecule has 2 aromatic rings. The molecule has 2 rings (SSSR count). The van der Waals surface area contributed by atoms with Crippen LogP contribution in [0.25, 0.3) is 0 Å². The average Bonchev–Trinajstić information content (AvgIpc) is 2.60. The minimum absolute atomic E-state index is 0.0213. The number of benzene rings is 2. The fourth-order valence-electron chi connectivity index (χ4n) is 2.26. The second-order valence-electron chi connectivity index (χ2n) is 5.31. The molecule has 0 saturated heterocycles. The standard InChI is InChI=1S/C18H20ClN3O2/c1-24-16-8-2-5-13(11-16)17(23)9-4-10-18(20)22(21)15-7-3-6-14(19)12-15/h2-3,5-8,11-12,20H,4,9-10,21H2,1H3. The maximum atomic E-state index is 12.2. The van der Waals surface area contributed by atoms with E-state index in [1.165, 1.54) is 5.01 Å². The Kier molecular flexibility index (Phi) is 6.35. The van der Waals surface area contributed by atoms with E-state index in [0.717, 1.165) is 0 Å². The number of nitrogens with two attached hydrogens (primary N) is 1. The summed E-state index contributed by atoms with van der Waals surface area (Å²) in [6.07, 6.45) is 1.29. The van der Waals surface area contributed by atoms with Crippen molar-refractivity contribution in [1.82, 2.24) is 0 Å². The predicted octanol–water partition coefficient (Wildman–Crippen LogP) is 4.06. The van der Waals surface area contributed by atoms with E-state index in [-0.39, 0.29) is 11.6 Å². The molecule has 0 unspecified atom stereocenters. The van der Waals surface area contributed by atoms with Crippen molar-refractivity contribution in [2.24, 2.45) is 5.84 Å². The summed E-state index contributed by atoms with van der Waals surface area (Å²) in [6.45, 7) is 0. The molecular formula is C18H20ClN3O2. The molecule has 0 atom stereocenters. The fourth-order valence-corrected chi connectivity index (χ4v) is 2.44. The van der Waals surface area contributed by atoms with E-state index in [1.54, 1.807) is 55.6 Å². The van der Waals surface area contributed by atoms with Crippen LogP contribution < -0.4 is 15.6 Å². The van der Waals surface area contributed by atoms with Gasteiger partial charge in [-0.1, -0.05) is 29.8 Å². The Labute approximate surface area is 146 Å². The Morgan fingerprint density at radius 3 is 2.67 bits per heavy atom. The van der Waals surface area contributed by atoms with Crippen molar-refractivity contribution >= 4 is 28.9 Å². The van der Waals surface area contributed by atoms with Crippen LogP contribution in [0.3, 0.4) is 0 Å². The summed E-state index contributed by atoms with van der Waals surface area (Å²) in [6, 6.07) is 14.1. The zero-order chi connectivity index (χ0) is 17.5. The first-order valence-corrected chi connectivity index (χ1v) is 7.94. The highest BCUT2D eigenvalue weighted by Gasteiger charge is 2.11. The number of halogens is 1. The number of methoxy groups -OCH3 is 1. The van der Waals surface area contributed by atoms with Crippen LogP contribution in [0, 0.1) is 5.41 Å². The van der Waals surface area contributed by atoms with E-state index in [0.29, 0.717) is 41.3 Å². The molecule has 0 aliphatic rings. The summed E-state index contributed by atoms with van der Waals surface area (Å²) in [5.41, 5.74) is 1.26. The van der Waals surface area contributed by atoms with Crippen molar-refractivity contribution in [3.63, 3.8) is 0 Å². The Bertz CT molecular complexity index is 734. The predicted molar refractivity (Wildman–Crippen MR) is 97.0 cm³/mol. The Morgan fingerprint density at radius 2 is 1.96 bits per heavy atom. The molecule has 0 saturated carbocycles. The normalized spacial score (nSPS) is 10.3. The van der Waals surface area contributed by atoms with E-state index in [1.807, 2.05) is 0 Å². The molecule has 6 heteroatoms. The van der Waals surface area contributed by atoms with Crippen molar-refractivity contribution in [2.75, 3.05) is 12.1 Å². The number of rotatable bonds is 7. The fraction of sp³-hybridized carbons (Fsp3) is 0.222. The highest BCUT2D eigenvalue weighted by molar-refractivity contribution is 6.30. The number of amidine groups is 1. The number of hydrazine groups is 1. The number of carbonyl (C=O) groups excluding carboxylic acids is 1. The number of ether oxygens (including phenoxy) is 1. The molecule has 3 N–H and O–H groups in total. The van der Waals surface area contributed by atoms with E-state index in [9.17, 15) is 4.79 Å². The zero-order valence-corrected chi connectivity index (χ0v) is 14.2. The first kappa shape index (κ1) is 18.0. The van der Waals surface area contributed by atoms with E-state index in [4.69, 9.17) is 27.6 Å². The summed E-state index contributed by atoms with van der Waals surface area (Å²) in [5, 5.41) is 9.88. The van der Waals surface area contributed by atoms with Crippen LogP contribution in [0.2, 0.25) is 5.02 Å². The number of nitrogens with one attached hydrogen (secondary N) is 1. The van der Waals surface area contributed by atoms with Crippen LogP contribution >= 0.6 is 11.6 Å².